The van der Waals surface area contributed by atoms with Crippen LogP contribution in [-0.2, 0) is 37.9 Å². The molecule has 2 saturated carbocycles. The minimum absolute atomic E-state index is 0.0499. The average molecular weight is 915 g/mol. The van der Waals surface area contributed by atoms with Crippen LogP contribution in [0.15, 0.2) is 23.3 Å². The van der Waals surface area contributed by atoms with Crippen LogP contribution in [0.4, 0.5) is 0 Å². The summed E-state index contributed by atoms with van der Waals surface area (Å²) >= 11 is 0. The Balaban J connectivity index is 0.912. The van der Waals surface area contributed by atoms with Crippen LogP contribution in [0, 0.1) is 34.5 Å². The highest BCUT2D eigenvalue weighted by Crippen LogP contribution is 2.69. The van der Waals surface area contributed by atoms with Crippen molar-refractivity contribution in [3.8, 4) is 0 Å². The fraction of sp³-hybridized carbons (Fsp3) is 0.911. The van der Waals surface area contributed by atoms with Gasteiger partial charge in [-0.05, 0) is 73.3 Å². The molecule has 0 aromatic carbocycles. The van der Waals surface area contributed by atoms with E-state index in [0.29, 0.717) is 18.4 Å². The summed E-state index contributed by atoms with van der Waals surface area (Å²) in [6.45, 7) is 9.35. The average Bonchev–Trinajstić information content (AvgIpc) is 3.71. The smallest absolute Gasteiger partial charge is 0.187 e. The number of hydrogen-bond acceptors (Lipinski definition) is 19. The minimum Gasteiger partial charge on any atom is -0.394 e. The molecule has 19 nitrogen and oxygen atoms in total. The van der Waals surface area contributed by atoms with E-state index in [9.17, 15) is 56.2 Å². The van der Waals surface area contributed by atoms with E-state index in [1.165, 1.54) is 12.5 Å². The maximum atomic E-state index is 12.6. The second kappa shape index (κ2) is 17.3. The van der Waals surface area contributed by atoms with Gasteiger partial charge in [-0.1, -0.05) is 39.8 Å². The van der Waals surface area contributed by atoms with Crippen LogP contribution in [0.25, 0.3) is 0 Å². The van der Waals surface area contributed by atoms with E-state index in [2.05, 4.69) is 32.9 Å². The van der Waals surface area contributed by atoms with Crippen molar-refractivity contribution in [2.24, 2.45) is 34.5 Å². The SMILES string of the molecule is C[C@@H]1CC[C@]2(OC1)O[C@H]1C[C@@H]3C4=CC[C@@]5(O)C[C@@H](O[C@H]6O[C@@H](CO)[C@H](O)[C@@H](O[C@H]7O[C@@H](CO)[C@H](O)[C@@H](O)[C@@H]7O[C@H]7O[C@@H](C)[C@H](O)[C@@H](O)[C@@H]7O)[C@@H]6O)[C@H](O)C[C@@]5(C)C4=CC[C@]3(C)[C@H]1[C@@H]2C. The van der Waals surface area contributed by atoms with Gasteiger partial charge in [0.1, 0.15) is 67.1 Å². The van der Waals surface area contributed by atoms with Crippen molar-refractivity contribution in [3.63, 3.8) is 0 Å². The molecule has 0 amide bonds. The molecule has 0 aromatic heterocycles. The van der Waals surface area contributed by atoms with Crippen molar-refractivity contribution in [3.05, 3.63) is 23.3 Å². The van der Waals surface area contributed by atoms with Gasteiger partial charge in [0.25, 0.3) is 0 Å². The number of ether oxygens (including phenoxy) is 8. The van der Waals surface area contributed by atoms with Gasteiger partial charge in [-0.2, -0.15) is 0 Å². The highest BCUT2D eigenvalue weighted by Gasteiger charge is 2.69. The maximum Gasteiger partial charge on any atom is 0.187 e. The van der Waals surface area contributed by atoms with Gasteiger partial charge in [0.05, 0.1) is 49.8 Å². The topological polar surface area (TPSA) is 296 Å². The lowest BCUT2D eigenvalue weighted by molar-refractivity contribution is -0.391. The molecule has 0 radical (unpaired) electrons. The predicted octanol–water partition coefficient (Wildman–Crippen LogP) is -1.78. The van der Waals surface area contributed by atoms with Crippen molar-refractivity contribution in [1.29, 1.82) is 0 Å². The molecular weight excluding hydrogens is 844 g/mol. The number of aliphatic hydroxyl groups excluding tert-OH is 10. The summed E-state index contributed by atoms with van der Waals surface area (Å²) in [5.74, 6) is 0.670. The molecule has 26 atom stereocenters. The summed E-state index contributed by atoms with van der Waals surface area (Å²) in [7, 11) is 0. The van der Waals surface area contributed by atoms with Gasteiger partial charge in [0, 0.05) is 24.2 Å². The number of hydrogen-bond donors (Lipinski definition) is 11. The third-order valence-electron chi connectivity index (χ3n) is 17.3. The second-order valence-corrected chi connectivity index (χ2v) is 21.0. The molecule has 11 N–H and O–H groups in total. The van der Waals surface area contributed by atoms with Crippen LogP contribution in [0.2, 0.25) is 0 Å². The van der Waals surface area contributed by atoms with Crippen molar-refractivity contribution < 1.29 is 94.1 Å². The first-order valence-electron chi connectivity index (χ1n) is 23.2. The Hall–Kier alpha value is -1.28. The van der Waals surface area contributed by atoms with Gasteiger partial charge in [0.2, 0.25) is 0 Å². The highest BCUT2D eigenvalue weighted by atomic mass is 16.8. The number of allylic oxidation sites excluding steroid dienone is 2. The van der Waals surface area contributed by atoms with Crippen molar-refractivity contribution in [2.45, 2.75) is 201 Å². The van der Waals surface area contributed by atoms with Gasteiger partial charge >= 0.3 is 0 Å². The van der Waals surface area contributed by atoms with Gasteiger partial charge in [-0.3, -0.25) is 0 Å². The maximum absolute atomic E-state index is 12.6. The second-order valence-electron chi connectivity index (χ2n) is 21.0. The van der Waals surface area contributed by atoms with Crippen LogP contribution in [0.1, 0.15) is 79.6 Å². The Labute approximate surface area is 372 Å². The fourth-order valence-electron chi connectivity index (χ4n) is 13.2. The van der Waals surface area contributed by atoms with Crippen LogP contribution >= 0.6 is 0 Å². The fourth-order valence-corrected chi connectivity index (χ4v) is 13.2. The Bertz CT molecular complexity index is 1760. The molecule has 364 valence electrons. The van der Waals surface area contributed by atoms with E-state index in [0.717, 1.165) is 31.3 Å². The zero-order valence-corrected chi connectivity index (χ0v) is 37.1. The molecule has 64 heavy (non-hydrogen) atoms. The van der Waals surface area contributed by atoms with Crippen LogP contribution in [0.3, 0.4) is 0 Å². The molecule has 5 heterocycles. The molecule has 9 rings (SSSR count). The summed E-state index contributed by atoms with van der Waals surface area (Å²) in [5.41, 5.74) is -0.124. The third kappa shape index (κ3) is 7.43. The Kier molecular flexibility index (Phi) is 12.9. The molecule has 0 bridgehead atoms. The summed E-state index contributed by atoms with van der Waals surface area (Å²) in [6, 6.07) is 0. The summed E-state index contributed by atoms with van der Waals surface area (Å²) in [5, 5.41) is 121. The van der Waals surface area contributed by atoms with Crippen LogP contribution in [-0.4, -0.2) is 198 Å². The number of rotatable bonds is 8. The molecule has 5 saturated heterocycles. The van der Waals surface area contributed by atoms with Crippen LogP contribution in [0.5, 0.6) is 0 Å². The standard InChI is InChI=1S/C45H70O19/c1-18-6-11-45(57-17-18)19(2)29-25(64-45)12-23-21-7-10-44(56)14-26(24(48)13-43(44,5)22(21)8-9-42(23,29)4)59-40-36(55)37(32(51)28(16-47)60-40)62-41-38(34(53)31(50)27(15-46)61-41)63-39-35(54)33(52)30(49)20(3)58-39/h7-8,18-20,23-41,46-56H,6,9-17H2,1-5H3/t18-,19+,20+,23-,24-,25+,26-,27+,28+,29+,30+,31+,32+,33-,34-,35+,36+,37-,38+,39-,40+,41-,42+,43+,44-,45+/m1/s1. The Morgan fingerprint density at radius 3 is 2.06 bits per heavy atom. The lowest BCUT2D eigenvalue weighted by Gasteiger charge is -2.59. The van der Waals surface area contributed by atoms with Gasteiger partial charge in [0.15, 0.2) is 24.7 Å². The van der Waals surface area contributed by atoms with Gasteiger partial charge in [-0.15, -0.1) is 0 Å². The molecule has 0 unspecified atom stereocenters. The monoisotopic (exact) mass is 914 g/mol. The zero-order valence-electron chi connectivity index (χ0n) is 37.1. The first-order chi connectivity index (χ1) is 30.2. The first-order valence-corrected chi connectivity index (χ1v) is 23.2. The zero-order chi connectivity index (χ0) is 46.0. The predicted molar refractivity (Wildman–Crippen MR) is 217 cm³/mol. The summed E-state index contributed by atoms with van der Waals surface area (Å²) in [4.78, 5) is 0. The van der Waals surface area contributed by atoms with E-state index in [-0.39, 0.29) is 42.6 Å². The number of fused-ring (bicyclic) bond motifs is 7. The molecule has 4 aliphatic carbocycles. The largest absolute Gasteiger partial charge is 0.394 e. The lowest BCUT2D eigenvalue weighted by atomic mass is 9.49. The van der Waals surface area contributed by atoms with E-state index >= 15 is 0 Å². The number of aliphatic hydroxyl groups is 11. The van der Waals surface area contributed by atoms with E-state index in [4.69, 9.17) is 37.9 Å². The van der Waals surface area contributed by atoms with E-state index < -0.39 is 134 Å². The highest BCUT2D eigenvalue weighted by molar-refractivity contribution is 5.49. The van der Waals surface area contributed by atoms with E-state index in [1.54, 1.807) is 0 Å². The van der Waals surface area contributed by atoms with Crippen molar-refractivity contribution >= 4 is 0 Å². The molecule has 5 aliphatic heterocycles. The summed E-state index contributed by atoms with van der Waals surface area (Å²) < 4.78 is 48.6. The summed E-state index contributed by atoms with van der Waals surface area (Å²) in [6.07, 6.45) is -18.8. The van der Waals surface area contributed by atoms with Gasteiger partial charge < -0.3 is 94.1 Å². The molecule has 9 aliphatic rings. The Morgan fingerprint density at radius 2 is 1.38 bits per heavy atom. The normalized spacial score (nSPS) is 57.3. The van der Waals surface area contributed by atoms with Crippen LogP contribution < -0.4 is 0 Å². The first kappa shape index (κ1) is 47.8. The molecular formula is C45H70O19. The quantitative estimate of drug-likeness (QED) is 0.128. The van der Waals surface area contributed by atoms with E-state index in [1.807, 2.05) is 6.92 Å². The third-order valence-corrected chi connectivity index (χ3v) is 17.3. The lowest BCUT2D eigenvalue weighted by Crippen LogP contribution is -2.67. The van der Waals surface area contributed by atoms with Gasteiger partial charge in [-0.25, -0.2) is 0 Å². The minimum atomic E-state index is -1.89. The van der Waals surface area contributed by atoms with Crippen molar-refractivity contribution in [1.82, 2.24) is 0 Å². The molecule has 1 spiro atoms. The molecule has 19 heteroatoms. The molecule has 7 fully saturated rings. The van der Waals surface area contributed by atoms with Crippen molar-refractivity contribution in [2.75, 3.05) is 19.8 Å². The molecule has 0 aromatic rings. The Morgan fingerprint density at radius 1 is 0.703 bits per heavy atom.